The minimum atomic E-state index is -5.54. The SMILES string of the molecule is C.C.C.C=NN=NCCC(F)(F)C(F)(F)F.[N-]=[N+]=[N-].[Na+]. The minimum absolute atomic E-state index is 0. The predicted molar refractivity (Wildman–Crippen MR) is 65.2 cm³/mol. The van der Waals surface area contributed by atoms with Crippen LogP contribution in [0.15, 0.2) is 15.4 Å². The number of halogens is 5. The Morgan fingerprint density at radius 1 is 1.00 bits per heavy atom. The molecule has 0 spiro atoms. The molecule has 0 heterocycles. The fourth-order valence-electron chi connectivity index (χ4n) is 0.422. The van der Waals surface area contributed by atoms with Crippen molar-refractivity contribution in [3.63, 3.8) is 0 Å². The van der Waals surface area contributed by atoms with Crippen LogP contribution >= 0.6 is 0 Å². The van der Waals surface area contributed by atoms with Crippen LogP contribution < -0.4 is 29.6 Å². The normalized spacial score (nSPS) is 9.25. The quantitative estimate of drug-likeness (QED) is 0.145. The van der Waals surface area contributed by atoms with Gasteiger partial charge in [-0.2, -0.15) is 27.1 Å². The second-order valence-corrected chi connectivity index (χ2v) is 2.14. The summed E-state index contributed by atoms with van der Waals surface area (Å²) < 4.78 is 58.6. The number of rotatable bonds is 4. The molecule has 0 atom stereocenters. The summed E-state index contributed by atoms with van der Waals surface area (Å²) in [4.78, 5) is 1.50. The van der Waals surface area contributed by atoms with Gasteiger partial charge in [-0.3, -0.25) is 4.91 Å². The second kappa shape index (κ2) is 18.2. The van der Waals surface area contributed by atoms with Crippen molar-refractivity contribution < 1.29 is 51.5 Å². The third-order valence-corrected chi connectivity index (χ3v) is 1.07. The molecule has 0 saturated heterocycles. The molecule has 0 aliphatic heterocycles. The molecule has 0 aromatic heterocycles. The van der Waals surface area contributed by atoms with Gasteiger partial charge in [0.1, 0.15) is 0 Å². The van der Waals surface area contributed by atoms with Crippen LogP contribution in [0.3, 0.4) is 0 Å². The van der Waals surface area contributed by atoms with Crippen LogP contribution in [0.25, 0.3) is 16.0 Å². The van der Waals surface area contributed by atoms with Gasteiger partial charge in [0.05, 0.1) is 6.54 Å². The van der Waals surface area contributed by atoms with Gasteiger partial charge >= 0.3 is 41.7 Å². The molecule has 0 aromatic rings. The van der Waals surface area contributed by atoms with E-state index < -0.39 is 25.1 Å². The van der Waals surface area contributed by atoms with Crippen molar-refractivity contribution in [2.24, 2.45) is 15.4 Å². The van der Waals surface area contributed by atoms with E-state index in [1.807, 2.05) is 0 Å². The monoisotopic (exact) mass is 316 g/mol. The van der Waals surface area contributed by atoms with Gasteiger partial charge in [0.15, 0.2) is 0 Å². The Labute approximate surface area is 137 Å². The van der Waals surface area contributed by atoms with E-state index in [0.29, 0.717) is 0 Å². The summed E-state index contributed by atoms with van der Waals surface area (Å²) in [6.45, 7) is 2.08. The topological polar surface area (TPSA) is 95.8 Å². The Kier molecular flexibility index (Phi) is 33.3. The van der Waals surface area contributed by atoms with Crippen molar-refractivity contribution in [2.45, 2.75) is 40.8 Å². The Hall–Kier alpha value is -0.770. The molecule has 0 bridgehead atoms. The zero-order chi connectivity index (χ0) is 13.2. The van der Waals surface area contributed by atoms with Crippen molar-refractivity contribution in [1.82, 2.24) is 0 Å². The van der Waals surface area contributed by atoms with Crippen molar-refractivity contribution in [2.75, 3.05) is 6.54 Å². The summed E-state index contributed by atoms with van der Waals surface area (Å²) in [5, 5.41) is 8.50. The van der Waals surface area contributed by atoms with E-state index >= 15 is 0 Å². The fraction of sp³-hybridized carbons (Fsp3) is 0.875. The van der Waals surface area contributed by atoms with Gasteiger partial charge in [0, 0.05) is 13.1 Å². The molecule has 0 unspecified atom stereocenters. The molecule has 116 valence electrons. The molecule has 0 aliphatic carbocycles. The van der Waals surface area contributed by atoms with Gasteiger partial charge in [-0.05, 0) is 0 Å². The third kappa shape index (κ3) is 19.6. The Balaban J connectivity index is -0.0000000641. The smallest absolute Gasteiger partial charge is 0.373 e. The number of nitrogens with zero attached hydrogens (tertiary/aromatic N) is 6. The molecule has 6 nitrogen and oxygen atoms in total. The van der Waals surface area contributed by atoms with Gasteiger partial charge in [-0.15, -0.1) is 5.10 Å². The molecule has 0 radical (unpaired) electrons. The Morgan fingerprint density at radius 3 is 1.60 bits per heavy atom. The van der Waals surface area contributed by atoms with E-state index in [1.165, 1.54) is 4.91 Å². The minimum Gasteiger partial charge on any atom is -0.373 e. The van der Waals surface area contributed by atoms with E-state index in [1.54, 1.807) is 0 Å². The molecular weight excluding hydrogens is 298 g/mol. The van der Waals surface area contributed by atoms with Crippen molar-refractivity contribution >= 4 is 6.72 Å². The summed E-state index contributed by atoms with van der Waals surface area (Å²) in [5.74, 6) is -4.73. The predicted octanol–water partition coefficient (Wildman–Crippen LogP) is 2.42. The number of hydrogen-bond acceptors (Lipinski definition) is 2. The average Bonchev–Trinajstić information content (AvgIpc) is 2.12. The van der Waals surface area contributed by atoms with E-state index in [-0.39, 0.29) is 51.8 Å². The molecule has 20 heavy (non-hydrogen) atoms. The van der Waals surface area contributed by atoms with Crippen molar-refractivity contribution in [3.8, 4) is 0 Å². The summed E-state index contributed by atoms with van der Waals surface area (Å²) in [6.07, 6.45) is -6.97. The fourth-order valence-corrected chi connectivity index (χ4v) is 0.422. The van der Waals surface area contributed by atoms with Crippen LogP contribution in [-0.4, -0.2) is 25.4 Å². The number of alkyl halides is 5. The average molecular weight is 316 g/mol. The first-order valence-electron chi connectivity index (χ1n) is 3.48. The zero-order valence-corrected chi connectivity index (χ0v) is 10.7. The van der Waals surface area contributed by atoms with E-state index in [2.05, 4.69) is 22.2 Å². The Morgan fingerprint density at radius 2 is 1.35 bits per heavy atom. The third-order valence-electron chi connectivity index (χ3n) is 1.07. The largest absolute Gasteiger partial charge is 1.00 e. The molecule has 0 saturated carbocycles. The standard InChI is InChI=1S/C5H6F5N3.3CH4.N3.Na/c1-11-13-12-3-2-4(6,7)5(8,9)10;;;;1-3-2;/h1-3H2;3*1H4;;/q;;;;-1;+1. The van der Waals surface area contributed by atoms with Crippen LogP contribution in [0.1, 0.15) is 28.7 Å². The first-order chi connectivity index (χ1) is 7.22. The van der Waals surface area contributed by atoms with Crippen molar-refractivity contribution in [1.29, 1.82) is 0 Å². The van der Waals surface area contributed by atoms with Crippen molar-refractivity contribution in [3.05, 3.63) is 16.0 Å². The summed E-state index contributed by atoms with van der Waals surface area (Å²) in [7, 11) is 0. The van der Waals surface area contributed by atoms with Crippen LogP contribution in [-0.2, 0) is 0 Å². The van der Waals surface area contributed by atoms with Crippen LogP contribution in [0.4, 0.5) is 22.0 Å². The molecule has 0 aromatic carbocycles. The van der Waals surface area contributed by atoms with E-state index in [9.17, 15) is 22.0 Å². The molecule has 0 fully saturated rings. The van der Waals surface area contributed by atoms with Gasteiger partial charge in [-0.1, -0.05) is 27.5 Å². The van der Waals surface area contributed by atoms with Crippen LogP contribution in [0.2, 0.25) is 0 Å². The molecule has 0 N–H and O–H groups in total. The summed E-state index contributed by atoms with van der Waals surface area (Å²) in [6, 6.07) is 0. The first-order valence-corrected chi connectivity index (χ1v) is 3.48. The maximum atomic E-state index is 12.1. The van der Waals surface area contributed by atoms with E-state index in [0.717, 1.165) is 0 Å². The maximum Gasteiger partial charge on any atom is 1.00 e. The summed E-state index contributed by atoms with van der Waals surface area (Å²) in [5.41, 5.74) is 13.5. The second-order valence-electron chi connectivity index (χ2n) is 2.14. The molecule has 0 rings (SSSR count). The zero-order valence-electron chi connectivity index (χ0n) is 8.69. The molecule has 0 amide bonds. The molecular formula is C8H18F5N6Na. The Bertz CT molecular complexity index is 275. The van der Waals surface area contributed by atoms with E-state index in [4.69, 9.17) is 11.1 Å². The van der Waals surface area contributed by atoms with Gasteiger partial charge in [-0.25, -0.2) is 0 Å². The summed E-state index contributed by atoms with van der Waals surface area (Å²) >= 11 is 0. The van der Waals surface area contributed by atoms with Crippen LogP contribution in [0.5, 0.6) is 0 Å². The number of hydrogen-bond donors (Lipinski definition) is 0. The maximum absolute atomic E-state index is 12.1. The molecule has 12 heteroatoms. The molecule has 0 aliphatic rings. The van der Waals surface area contributed by atoms with Gasteiger partial charge in [0.25, 0.3) is 0 Å². The van der Waals surface area contributed by atoms with Gasteiger partial charge < -0.3 is 11.1 Å². The van der Waals surface area contributed by atoms with Gasteiger partial charge in [0.2, 0.25) is 0 Å². The first kappa shape index (κ1) is 36.5. The van der Waals surface area contributed by atoms with Crippen LogP contribution in [0, 0.1) is 0 Å².